The molecule has 5 nitrogen and oxygen atoms in total. The van der Waals surface area contributed by atoms with Crippen molar-refractivity contribution in [2.24, 2.45) is 11.1 Å². The number of nitrogens with one attached hydrogen (secondary N) is 1. The first-order valence-electron chi connectivity index (χ1n) is 6.44. The van der Waals surface area contributed by atoms with Gasteiger partial charge < -0.3 is 16.2 Å². The standard InChI is InChI=1S/C14H17FN2O3/c1-14(6-2-3-11(14)16)13(20)17-10-7-8(12(18)19)4-5-9(10)15/h4-5,7,11H,2-3,6,16H2,1H3,(H,17,20)(H,18,19). The summed E-state index contributed by atoms with van der Waals surface area (Å²) in [5.41, 5.74) is 4.98. The second-order valence-corrected chi connectivity index (χ2v) is 5.37. The van der Waals surface area contributed by atoms with Gasteiger partial charge >= 0.3 is 5.97 Å². The van der Waals surface area contributed by atoms with Crippen LogP contribution in [0.15, 0.2) is 18.2 Å². The van der Waals surface area contributed by atoms with Gasteiger partial charge in [0, 0.05) is 6.04 Å². The van der Waals surface area contributed by atoms with E-state index >= 15 is 0 Å². The highest BCUT2D eigenvalue weighted by Gasteiger charge is 2.43. The fourth-order valence-electron chi connectivity index (χ4n) is 2.49. The monoisotopic (exact) mass is 280 g/mol. The lowest BCUT2D eigenvalue weighted by Crippen LogP contribution is -2.44. The number of carboxylic acid groups (broad SMARTS) is 1. The van der Waals surface area contributed by atoms with Crippen LogP contribution in [0.1, 0.15) is 36.5 Å². The molecule has 1 aliphatic carbocycles. The smallest absolute Gasteiger partial charge is 0.335 e. The highest BCUT2D eigenvalue weighted by atomic mass is 19.1. The van der Waals surface area contributed by atoms with E-state index in [9.17, 15) is 14.0 Å². The molecule has 2 unspecified atom stereocenters. The Kier molecular flexibility index (Phi) is 3.76. The summed E-state index contributed by atoms with van der Waals surface area (Å²) in [6.07, 6.45) is 2.24. The second kappa shape index (κ2) is 5.20. The minimum Gasteiger partial charge on any atom is -0.478 e. The molecule has 1 aliphatic rings. The molecule has 0 radical (unpaired) electrons. The minimum atomic E-state index is -1.18. The third kappa shape index (κ3) is 2.51. The van der Waals surface area contributed by atoms with Gasteiger partial charge in [-0.25, -0.2) is 9.18 Å². The summed E-state index contributed by atoms with van der Waals surface area (Å²) in [7, 11) is 0. The second-order valence-electron chi connectivity index (χ2n) is 5.37. The summed E-state index contributed by atoms with van der Waals surface area (Å²) in [6, 6.07) is 3.01. The van der Waals surface area contributed by atoms with E-state index in [1.807, 2.05) is 0 Å². The Morgan fingerprint density at radius 1 is 1.50 bits per heavy atom. The number of rotatable bonds is 3. The van der Waals surface area contributed by atoms with Gasteiger partial charge in [-0.1, -0.05) is 6.42 Å². The van der Waals surface area contributed by atoms with Gasteiger partial charge in [0.1, 0.15) is 5.82 Å². The molecule has 0 bridgehead atoms. The Balaban J connectivity index is 2.23. The summed E-state index contributed by atoms with van der Waals surface area (Å²) >= 11 is 0. The van der Waals surface area contributed by atoms with Crippen LogP contribution in [0.4, 0.5) is 10.1 Å². The molecule has 1 fully saturated rings. The van der Waals surface area contributed by atoms with Gasteiger partial charge in [0.25, 0.3) is 0 Å². The molecule has 0 aromatic heterocycles. The number of carbonyl (C=O) groups is 2. The molecular formula is C14H17FN2O3. The number of benzene rings is 1. The molecule has 1 saturated carbocycles. The molecular weight excluding hydrogens is 263 g/mol. The molecule has 1 amide bonds. The Hall–Kier alpha value is -1.95. The Morgan fingerprint density at radius 2 is 2.20 bits per heavy atom. The molecule has 2 atom stereocenters. The van der Waals surface area contributed by atoms with E-state index in [0.29, 0.717) is 6.42 Å². The van der Waals surface area contributed by atoms with Crippen molar-refractivity contribution in [2.45, 2.75) is 32.2 Å². The van der Waals surface area contributed by atoms with Gasteiger partial charge in [0.2, 0.25) is 5.91 Å². The average Bonchev–Trinajstić information content (AvgIpc) is 2.73. The summed E-state index contributed by atoms with van der Waals surface area (Å²) in [5, 5.41) is 11.3. The average molecular weight is 280 g/mol. The molecule has 4 N–H and O–H groups in total. The van der Waals surface area contributed by atoms with Crippen molar-refractivity contribution in [2.75, 3.05) is 5.32 Å². The highest BCUT2D eigenvalue weighted by molar-refractivity contribution is 5.97. The number of nitrogens with two attached hydrogens (primary N) is 1. The normalized spacial score (nSPS) is 25.4. The van der Waals surface area contributed by atoms with Crippen LogP contribution >= 0.6 is 0 Å². The number of hydrogen-bond acceptors (Lipinski definition) is 3. The maximum Gasteiger partial charge on any atom is 0.335 e. The van der Waals surface area contributed by atoms with E-state index in [-0.39, 0.29) is 23.2 Å². The zero-order valence-corrected chi connectivity index (χ0v) is 11.1. The first-order chi connectivity index (χ1) is 9.34. The van der Waals surface area contributed by atoms with E-state index in [2.05, 4.69) is 5.32 Å². The zero-order chi connectivity index (χ0) is 14.9. The molecule has 0 spiro atoms. The Labute approximate surface area is 116 Å². The predicted molar refractivity (Wildman–Crippen MR) is 71.9 cm³/mol. The van der Waals surface area contributed by atoms with E-state index in [4.69, 9.17) is 10.8 Å². The lowest BCUT2D eigenvalue weighted by Gasteiger charge is -2.27. The zero-order valence-electron chi connectivity index (χ0n) is 11.1. The van der Waals surface area contributed by atoms with Gasteiger partial charge in [-0.2, -0.15) is 0 Å². The summed E-state index contributed by atoms with van der Waals surface area (Å²) < 4.78 is 13.7. The number of halogens is 1. The summed E-state index contributed by atoms with van der Waals surface area (Å²) in [4.78, 5) is 23.1. The topological polar surface area (TPSA) is 92.4 Å². The van der Waals surface area contributed by atoms with Crippen LogP contribution < -0.4 is 11.1 Å². The first kappa shape index (κ1) is 14.5. The maximum atomic E-state index is 13.7. The quantitative estimate of drug-likeness (QED) is 0.789. The van der Waals surface area contributed by atoms with Crippen LogP contribution in [0.5, 0.6) is 0 Å². The highest BCUT2D eigenvalue weighted by Crippen LogP contribution is 2.37. The molecule has 6 heteroatoms. The predicted octanol–water partition coefficient (Wildman–Crippen LogP) is 1.98. The van der Waals surface area contributed by atoms with Crippen molar-refractivity contribution in [3.63, 3.8) is 0 Å². The molecule has 1 aromatic rings. The Morgan fingerprint density at radius 3 is 2.75 bits per heavy atom. The molecule has 0 heterocycles. The largest absolute Gasteiger partial charge is 0.478 e. The SMILES string of the molecule is CC1(C(=O)Nc2cc(C(=O)O)ccc2F)CCCC1N. The summed E-state index contributed by atoms with van der Waals surface area (Å²) in [5.74, 6) is -2.22. The van der Waals surface area contributed by atoms with E-state index in [1.54, 1.807) is 6.92 Å². The molecule has 0 aliphatic heterocycles. The number of carbonyl (C=O) groups excluding carboxylic acids is 1. The molecule has 0 saturated heterocycles. The summed E-state index contributed by atoms with van der Waals surface area (Å²) in [6.45, 7) is 1.75. The van der Waals surface area contributed by atoms with Crippen LogP contribution in [-0.2, 0) is 4.79 Å². The van der Waals surface area contributed by atoms with Crippen LogP contribution in [0, 0.1) is 11.2 Å². The van der Waals surface area contributed by atoms with E-state index in [0.717, 1.165) is 31.0 Å². The van der Waals surface area contributed by atoms with Gasteiger partial charge in [0.15, 0.2) is 0 Å². The lowest BCUT2D eigenvalue weighted by molar-refractivity contribution is -0.125. The van der Waals surface area contributed by atoms with Crippen LogP contribution in [0.2, 0.25) is 0 Å². The fraction of sp³-hybridized carbons (Fsp3) is 0.429. The number of hydrogen-bond donors (Lipinski definition) is 3. The number of aromatic carboxylic acids is 1. The fourth-order valence-corrected chi connectivity index (χ4v) is 2.49. The van der Waals surface area contributed by atoms with Crippen molar-refractivity contribution in [1.29, 1.82) is 0 Å². The van der Waals surface area contributed by atoms with Crippen LogP contribution in [0.25, 0.3) is 0 Å². The van der Waals surface area contributed by atoms with Crippen molar-refractivity contribution in [3.05, 3.63) is 29.6 Å². The van der Waals surface area contributed by atoms with Crippen molar-refractivity contribution >= 4 is 17.6 Å². The van der Waals surface area contributed by atoms with Crippen LogP contribution in [0.3, 0.4) is 0 Å². The first-order valence-corrected chi connectivity index (χ1v) is 6.44. The lowest BCUT2D eigenvalue weighted by atomic mass is 9.84. The van der Waals surface area contributed by atoms with Crippen molar-refractivity contribution < 1.29 is 19.1 Å². The van der Waals surface area contributed by atoms with Gasteiger partial charge in [-0.15, -0.1) is 0 Å². The van der Waals surface area contributed by atoms with Gasteiger partial charge in [-0.3, -0.25) is 4.79 Å². The van der Waals surface area contributed by atoms with E-state index in [1.165, 1.54) is 0 Å². The van der Waals surface area contributed by atoms with Gasteiger partial charge in [0.05, 0.1) is 16.7 Å². The maximum absolute atomic E-state index is 13.7. The third-order valence-electron chi connectivity index (χ3n) is 4.01. The number of amides is 1. The third-order valence-corrected chi connectivity index (χ3v) is 4.01. The minimum absolute atomic E-state index is 0.0810. The van der Waals surface area contributed by atoms with Crippen molar-refractivity contribution in [1.82, 2.24) is 0 Å². The Bertz CT molecular complexity index is 561. The molecule has 1 aromatic carbocycles. The van der Waals surface area contributed by atoms with E-state index < -0.39 is 17.2 Å². The number of carboxylic acids is 1. The molecule has 20 heavy (non-hydrogen) atoms. The molecule has 108 valence electrons. The van der Waals surface area contributed by atoms with Crippen LogP contribution in [-0.4, -0.2) is 23.0 Å². The number of anilines is 1. The molecule has 2 rings (SSSR count). The van der Waals surface area contributed by atoms with Crippen molar-refractivity contribution in [3.8, 4) is 0 Å². The van der Waals surface area contributed by atoms with Gasteiger partial charge in [-0.05, 0) is 38.0 Å².